The SMILES string of the molecule is CCCCOc1ncc(NC(=O)C2(c3ccc(Cl)cc3)CCCCC2)cc1C. The third-order valence-corrected chi connectivity index (χ3v) is 5.82. The number of ether oxygens (including phenoxy) is 1. The number of unbranched alkanes of at least 4 members (excludes halogenated alkanes) is 1. The van der Waals surface area contributed by atoms with Gasteiger partial charge in [-0.25, -0.2) is 4.98 Å². The van der Waals surface area contributed by atoms with Crippen LogP contribution in [0, 0.1) is 6.92 Å². The van der Waals surface area contributed by atoms with Gasteiger partial charge in [0, 0.05) is 10.6 Å². The van der Waals surface area contributed by atoms with Gasteiger partial charge in [-0.15, -0.1) is 0 Å². The lowest BCUT2D eigenvalue weighted by atomic mass is 9.68. The molecule has 0 spiro atoms. The van der Waals surface area contributed by atoms with Crippen molar-refractivity contribution in [2.24, 2.45) is 0 Å². The van der Waals surface area contributed by atoms with Crippen molar-refractivity contribution in [2.45, 2.75) is 64.2 Å². The Morgan fingerprint density at radius 1 is 1.21 bits per heavy atom. The summed E-state index contributed by atoms with van der Waals surface area (Å²) in [6, 6.07) is 9.65. The fraction of sp³-hybridized carbons (Fsp3) is 0.478. The molecule has 2 aromatic rings. The number of carbonyl (C=O) groups is 1. The van der Waals surface area contributed by atoms with Gasteiger partial charge in [0.25, 0.3) is 0 Å². The third-order valence-electron chi connectivity index (χ3n) is 5.56. The first-order chi connectivity index (χ1) is 13.5. The molecular weight excluding hydrogens is 372 g/mol. The summed E-state index contributed by atoms with van der Waals surface area (Å²) < 4.78 is 5.72. The molecule has 150 valence electrons. The minimum atomic E-state index is -0.507. The maximum atomic E-state index is 13.4. The zero-order valence-electron chi connectivity index (χ0n) is 16.8. The molecule has 1 amide bonds. The fourth-order valence-corrected chi connectivity index (χ4v) is 4.04. The summed E-state index contributed by atoms with van der Waals surface area (Å²) >= 11 is 6.06. The van der Waals surface area contributed by atoms with Gasteiger partial charge in [-0.05, 0) is 49.9 Å². The molecule has 1 aromatic heterocycles. The molecule has 4 nitrogen and oxygen atoms in total. The van der Waals surface area contributed by atoms with Crippen molar-refractivity contribution in [2.75, 3.05) is 11.9 Å². The molecule has 1 heterocycles. The average Bonchev–Trinajstić information content (AvgIpc) is 2.71. The smallest absolute Gasteiger partial charge is 0.235 e. The zero-order chi connectivity index (χ0) is 20.0. The first-order valence-electron chi connectivity index (χ1n) is 10.2. The molecule has 0 saturated heterocycles. The van der Waals surface area contributed by atoms with E-state index < -0.39 is 5.41 Å². The van der Waals surface area contributed by atoms with Gasteiger partial charge in [0.1, 0.15) is 0 Å². The highest BCUT2D eigenvalue weighted by molar-refractivity contribution is 6.30. The second kappa shape index (κ2) is 9.42. The van der Waals surface area contributed by atoms with E-state index in [-0.39, 0.29) is 5.91 Å². The van der Waals surface area contributed by atoms with E-state index in [1.165, 1.54) is 6.42 Å². The number of benzene rings is 1. The van der Waals surface area contributed by atoms with Gasteiger partial charge >= 0.3 is 0 Å². The molecule has 0 aliphatic heterocycles. The largest absolute Gasteiger partial charge is 0.477 e. The quantitative estimate of drug-likeness (QED) is 0.574. The van der Waals surface area contributed by atoms with Gasteiger partial charge in [-0.3, -0.25) is 4.79 Å². The van der Waals surface area contributed by atoms with Crippen LogP contribution in [0.4, 0.5) is 5.69 Å². The van der Waals surface area contributed by atoms with E-state index in [1.54, 1.807) is 6.20 Å². The predicted octanol–water partition coefficient (Wildman–Crippen LogP) is 6.06. The summed E-state index contributed by atoms with van der Waals surface area (Å²) in [7, 11) is 0. The second-order valence-corrected chi connectivity index (χ2v) is 8.09. The second-order valence-electron chi connectivity index (χ2n) is 7.65. The first-order valence-corrected chi connectivity index (χ1v) is 10.6. The van der Waals surface area contributed by atoms with E-state index in [0.717, 1.165) is 49.7 Å². The van der Waals surface area contributed by atoms with Crippen LogP contribution in [0.5, 0.6) is 5.88 Å². The number of hydrogen-bond acceptors (Lipinski definition) is 3. The minimum Gasteiger partial charge on any atom is -0.477 e. The van der Waals surface area contributed by atoms with Crippen molar-refractivity contribution in [3.8, 4) is 5.88 Å². The highest BCUT2D eigenvalue weighted by atomic mass is 35.5. The van der Waals surface area contributed by atoms with Crippen molar-refractivity contribution < 1.29 is 9.53 Å². The van der Waals surface area contributed by atoms with Crippen LogP contribution in [-0.4, -0.2) is 17.5 Å². The Bertz CT molecular complexity index is 799. The molecule has 5 heteroatoms. The number of nitrogens with zero attached hydrogens (tertiary/aromatic N) is 1. The molecule has 0 radical (unpaired) electrons. The number of aryl methyl sites for hydroxylation is 1. The number of rotatable bonds is 7. The molecule has 0 atom stereocenters. The number of amides is 1. The Morgan fingerprint density at radius 3 is 2.57 bits per heavy atom. The summed E-state index contributed by atoms with van der Waals surface area (Å²) in [6.07, 6.45) is 8.76. The summed E-state index contributed by atoms with van der Waals surface area (Å²) in [6.45, 7) is 4.75. The molecule has 1 fully saturated rings. The van der Waals surface area contributed by atoms with Crippen LogP contribution in [0.2, 0.25) is 5.02 Å². The molecule has 28 heavy (non-hydrogen) atoms. The molecule has 3 rings (SSSR count). The van der Waals surface area contributed by atoms with E-state index in [1.807, 2.05) is 37.3 Å². The molecule has 0 bridgehead atoms. The maximum absolute atomic E-state index is 13.4. The van der Waals surface area contributed by atoms with E-state index in [0.29, 0.717) is 23.2 Å². The summed E-state index contributed by atoms with van der Waals surface area (Å²) in [5, 5.41) is 3.80. The Morgan fingerprint density at radius 2 is 1.93 bits per heavy atom. The Balaban J connectivity index is 1.79. The van der Waals surface area contributed by atoms with E-state index in [4.69, 9.17) is 16.3 Å². The van der Waals surface area contributed by atoms with E-state index in [9.17, 15) is 4.79 Å². The summed E-state index contributed by atoms with van der Waals surface area (Å²) in [4.78, 5) is 17.8. The van der Waals surface area contributed by atoms with Crippen LogP contribution in [-0.2, 0) is 10.2 Å². The van der Waals surface area contributed by atoms with Gasteiger partial charge in [0.05, 0.1) is 23.9 Å². The lowest BCUT2D eigenvalue weighted by Crippen LogP contribution is -2.42. The molecule has 1 aromatic carbocycles. The topological polar surface area (TPSA) is 51.2 Å². The van der Waals surface area contributed by atoms with Crippen LogP contribution < -0.4 is 10.1 Å². The highest BCUT2D eigenvalue weighted by Gasteiger charge is 2.41. The number of aromatic nitrogens is 1. The van der Waals surface area contributed by atoms with Crippen LogP contribution in [0.1, 0.15) is 63.0 Å². The number of anilines is 1. The van der Waals surface area contributed by atoms with Crippen molar-refractivity contribution in [1.82, 2.24) is 4.98 Å². The van der Waals surface area contributed by atoms with Gasteiger partial charge in [-0.1, -0.05) is 56.3 Å². The summed E-state index contributed by atoms with van der Waals surface area (Å²) in [5.41, 5.74) is 2.17. The maximum Gasteiger partial charge on any atom is 0.235 e. The monoisotopic (exact) mass is 400 g/mol. The van der Waals surface area contributed by atoms with Crippen molar-refractivity contribution in [3.05, 3.63) is 52.7 Å². The number of carbonyl (C=O) groups excluding carboxylic acids is 1. The van der Waals surface area contributed by atoms with Gasteiger partial charge in [-0.2, -0.15) is 0 Å². The lowest BCUT2D eigenvalue weighted by Gasteiger charge is -2.36. The average molecular weight is 401 g/mol. The lowest BCUT2D eigenvalue weighted by molar-refractivity contribution is -0.122. The standard InChI is InChI=1S/C23H29ClN2O2/c1-3-4-14-28-21-17(2)15-20(16-25-21)26-22(27)23(12-6-5-7-13-23)18-8-10-19(24)11-9-18/h8-11,15-16H,3-7,12-14H2,1-2H3,(H,26,27). The van der Waals surface area contributed by atoms with Crippen LogP contribution in [0.25, 0.3) is 0 Å². The molecule has 1 aliphatic carbocycles. The number of pyridine rings is 1. The van der Waals surface area contributed by atoms with E-state index >= 15 is 0 Å². The predicted molar refractivity (Wildman–Crippen MR) is 114 cm³/mol. The summed E-state index contributed by atoms with van der Waals surface area (Å²) in [5.74, 6) is 0.673. The molecular formula is C23H29ClN2O2. The number of hydrogen-bond donors (Lipinski definition) is 1. The molecule has 1 saturated carbocycles. The fourth-order valence-electron chi connectivity index (χ4n) is 3.92. The van der Waals surface area contributed by atoms with Crippen molar-refractivity contribution in [3.63, 3.8) is 0 Å². The van der Waals surface area contributed by atoms with Crippen LogP contribution in [0.3, 0.4) is 0 Å². The van der Waals surface area contributed by atoms with Crippen molar-refractivity contribution >= 4 is 23.2 Å². The van der Waals surface area contributed by atoms with E-state index in [2.05, 4.69) is 17.2 Å². The highest BCUT2D eigenvalue weighted by Crippen LogP contribution is 2.41. The third kappa shape index (κ3) is 4.67. The van der Waals surface area contributed by atoms with Crippen molar-refractivity contribution in [1.29, 1.82) is 0 Å². The zero-order valence-corrected chi connectivity index (χ0v) is 17.5. The number of halogens is 1. The normalized spacial score (nSPS) is 15.8. The molecule has 1 N–H and O–H groups in total. The Labute approximate surface area is 172 Å². The minimum absolute atomic E-state index is 0.0374. The van der Waals surface area contributed by atoms with Gasteiger partial charge in [0.15, 0.2) is 0 Å². The van der Waals surface area contributed by atoms with Crippen LogP contribution in [0.15, 0.2) is 36.5 Å². The number of nitrogens with one attached hydrogen (secondary N) is 1. The van der Waals surface area contributed by atoms with Gasteiger partial charge < -0.3 is 10.1 Å². The Hall–Kier alpha value is -2.07. The Kier molecular flexibility index (Phi) is 6.95. The van der Waals surface area contributed by atoms with Gasteiger partial charge in [0.2, 0.25) is 11.8 Å². The molecule has 0 unspecified atom stereocenters. The van der Waals surface area contributed by atoms with Crippen LogP contribution >= 0.6 is 11.6 Å². The molecule has 1 aliphatic rings. The first kappa shape index (κ1) is 20.7.